The molecule has 0 aromatic carbocycles. The van der Waals surface area contributed by atoms with Gasteiger partial charge in [0, 0.05) is 0 Å². The van der Waals surface area contributed by atoms with E-state index >= 15 is 0 Å². The number of rotatable bonds is 1. The summed E-state index contributed by atoms with van der Waals surface area (Å²) in [5, 5.41) is 0. The van der Waals surface area contributed by atoms with Gasteiger partial charge >= 0.3 is 24.1 Å². The van der Waals surface area contributed by atoms with Crippen molar-refractivity contribution in [3.63, 3.8) is 0 Å². The highest BCUT2D eigenvalue weighted by Gasteiger charge is 2.25. The lowest BCUT2D eigenvalue weighted by molar-refractivity contribution is 0.0177. The molecule has 3 rings (SSSR count). The SMILES string of the molecule is C1CCCCC(C2CCCCCCCC2)CCC1.FC1=C(F)OC(F)=C(F)O1. The maximum absolute atomic E-state index is 11.7. The Balaban J connectivity index is 0.000000237. The van der Waals surface area contributed by atoms with E-state index in [-0.39, 0.29) is 0 Å². The van der Waals surface area contributed by atoms with Crippen molar-refractivity contribution >= 4 is 0 Å². The Morgan fingerprint density at radius 3 is 0.857 bits per heavy atom. The summed E-state index contributed by atoms with van der Waals surface area (Å²) in [6, 6.07) is -7.73. The molecule has 0 unspecified atom stereocenters. The summed E-state index contributed by atoms with van der Waals surface area (Å²) < 4.78 is 53.4. The highest BCUT2D eigenvalue weighted by atomic mass is 19.2. The van der Waals surface area contributed by atoms with Crippen LogP contribution in [0.15, 0.2) is 24.1 Å². The first-order valence-electron chi connectivity index (χ1n) is 11.0. The Morgan fingerprint density at radius 1 is 0.393 bits per heavy atom. The zero-order valence-electron chi connectivity index (χ0n) is 16.8. The third kappa shape index (κ3) is 8.44. The fourth-order valence-corrected chi connectivity index (χ4v) is 4.59. The molecule has 0 aromatic heterocycles. The number of halogens is 4. The molecule has 0 N–H and O–H groups in total. The maximum Gasteiger partial charge on any atom is 0.354 e. The number of hydrogen-bond acceptors (Lipinski definition) is 2. The highest BCUT2D eigenvalue weighted by molar-refractivity contribution is 4.99. The fourth-order valence-electron chi connectivity index (χ4n) is 4.59. The lowest BCUT2D eigenvalue weighted by Gasteiger charge is -2.27. The molecule has 0 radical (unpaired) electrons. The van der Waals surface area contributed by atoms with Crippen LogP contribution in [-0.2, 0) is 9.47 Å². The van der Waals surface area contributed by atoms with Gasteiger partial charge in [0.05, 0.1) is 0 Å². The molecule has 0 spiro atoms. The van der Waals surface area contributed by atoms with Gasteiger partial charge in [-0.2, -0.15) is 17.6 Å². The molecule has 0 saturated heterocycles. The van der Waals surface area contributed by atoms with Gasteiger partial charge in [-0.05, 0) is 11.8 Å². The predicted octanol–water partition coefficient (Wildman–Crippen LogP) is 8.65. The largest absolute Gasteiger partial charge is 0.395 e. The minimum atomic E-state index is -1.93. The fraction of sp³-hybridized carbons (Fsp3) is 0.818. The lowest BCUT2D eigenvalue weighted by Crippen LogP contribution is -2.15. The van der Waals surface area contributed by atoms with Gasteiger partial charge in [-0.1, -0.05) is 103 Å². The van der Waals surface area contributed by atoms with Gasteiger partial charge in [-0.25, -0.2) is 0 Å². The van der Waals surface area contributed by atoms with Crippen LogP contribution < -0.4 is 0 Å². The molecular formula is C22H34F4O2. The summed E-state index contributed by atoms with van der Waals surface area (Å²) in [6.07, 6.45) is 24.5. The van der Waals surface area contributed by atoms with E-state index in [9.17, 15) is 17.6 Å². The number of ether oxygens (including phenoxy) is 2. The van der Waals surface area contributed by atoms with Crippen LogP contribution in [-0.4, -0.2) is 0 Å². The van der Waals surface area contributed by atoms with E-state index in [1.165, 1.54) is 77.0 Å². The van der Waals surface area contributed by atoms with Crippen molar-refractivity contribution in [2.45, 2.75) is 103 Å². The normalized spacial score (nSPS) is 24.3. The summed E-state index contributed by atoms with van der Waals surface area (Å²) >= 11 is 0. The minimum absolute atomic E-state index is 1.10. The molecule has 2 fully saturated rings. The molecule has 2 saturated carbocycles. The molecule has 1 aliphatic heterocycles. The van der Waals surface area contributed by atoms with Gasteiger partial charge in [0.2, 0.25) is 0 Å². The lowest BCUT2D eigenvalue weighted by atomic mass is 9.79. The monoisotopic (exact) mass is 406 g/mol. The third-order valence-electron chi connectivity index (χ3n) is 6.13. The van der Waals surface area contributed by atoms with E-state index in [0.717, 1.165) is 11.8 Å². The van der Waals surface area contributed by atoms with Crippen LogP contribution in [0.25, 0.3) is 0 Å². The zero-order valence-corrected chi connectivity index (χ0v) is 16.8. The van der Waals surface area contributed by atoms with Crippen LogP contribution in [0.5, 0.6) is 0 Å². The van der Waals surface area contributed by atoms with Crippen LogP contribution in [0.3, 0.4) is 0 Å². The second-order valence-corrected chi connectivity index (χ2v) is 8.22. The molecular weight excluding hydrogens is 372 g/mol. The maximum atomic E-state index is 11.7. The van der Waals surface area contributed by atoms with Gasteiger partial charge in [-0.15, -0.1) is 0 Å². The minimum Gasteiger partial charge on any atom is -0.395 e. The smallest absolute Gasteiger partial charge is 0.354 e. The quantitative estimate of drug-likeness (QED) is 0.406. The Hall–Kier alpha value is -1.20. The average Bonchev–Trinajstić information content (AvgIpc) is 2.90. The third-order valence-corrected chi connectivity index (χ3v) is 6.13. The first kappa shape index (κ1) is 23.1. The van der Waals surface area contributed by atoms with Crippen molar-refractivity contribution < 1.29 is 27.0 Å². The molecule has 1 heterocycles. The van der Waals surface area contributed by atoms with Crippen LogP contribution >= 0.6 is 0 Å². The molecule has 28 heavy (non-hydrogen) atoms. The van der Waals surface area contributed by atoms with Gasteiger partial charge in [0.25, 0.3) is 0 Å². The summed E-state index contributed by atoms with van der Waals surface area (Å²) in [6.45, 7) is 0. The van der Waals surface area contributed by atoms with E-state index in [1.807, 2.05) is 0 Å². The molecule has 0 atom stereocenters. The average molecular weight is 407 g/mol. The van der Waals surface area contributed by atoms with E-state index < -0.39 is 24.1 Å². The highest BCUT2D eigenvalue weighted by Crippen LogP contribution is 2.35. The summed E-state index contributed by atoms with van der Waals surface area (Å²) in [4.78, 5) is 0. The molecule has 0 aromatic rings. The van der Waals surface area contributed by atoms with E-state index in [1.54, 1.807) is 25.7 Å². The van der Waals surface area contributed by atoms with Gasteiger partial charge < -0.3 is 9.47 Å². The van der Waals surface area contributed by atoms with Crippen LogP contribution in [0.2, 0.25) is 0 Å². The first-order valence-corrected chi connectivity index (χ1v) is 11.0. The molecule has 2 nitrogen and oxygen atoms in total. The summed E-state index contributed by atoms with van der Waals surface area (Å²) in [7, 11) is 0. The second-order valence-electron chi connectivity index (χ2n) is 8.22. The Bertz CT molecular complexity index is 433. The van der Waals surface area contributed by atoms with Crippen LogP contribution in [0.4, 0.5) is 17.6 Å². The van der Waals surface area contributed by atoms with Crippen molar-refractivity contribution in [1.29, 1.82) is 0 Å². The first-order chi connectivity index (χ1) is 13.6. The van der Waals surface area contributed by atoms with Crippen molar-refractivity contribution in [2.24, 2.45) is 11.8 Å². The molecule has 0 bridgehead atoms. The number of hydrogen-bond donors (Lipinski definition) is 0. The molecule has 2 aliphatic carbocycles. The summed E-state index contributed by atoms with van der Waals surface area (Å²) in [5.74, 6) is 2.20. The molecule has 162 valence electrons. The van der Waals surface area contributed by atoms with Gasteiger partial charge in [0.15, 0.2) is 0 Å². The predicted molar refractivity (Wildman–Crippen MR) is 102 cm³/mol. The molecule has 6 heteroatoms. The topological polar surface area (TPSA) is 18.5 Å². The van der Waals surface area contributed by atoms with Crippen molar-refractivity contribution in [3.05, 3.63) is 24.1 Å². The van der Waals surface area contributed by atoms with E-state index in [4.69, 9.17) is 0 Å². The zero-order chi connectivity index (χ0) is 20.2. The Morgan fingerprint density at radius 2 is 0.607 bits per heavy atom. The van der Waals surface area contributed by atoms with Crippen molar-refractivity contribution in [1.82, 2.24) is 0 Å². The van der Waals surface area contributed by atoms with Crippen LogP contribution in [0, 0.1) is 11.8 Å². The Kier molecular flexibility index (Phi) is 10.8. The van der Waals surface area contributed by atoms with Gasteiger partial charge in [-0.3, -0.25) is 0 Å². The molecule has 3 aliphatic rings. The summed E-state index contributed by atoms with van der Waals surface area (Å²) in [5.41, 5.74) is 0. The molecule has 0 amide bonds. The Labute approximate surface area is 166 Å². The standard InChI is InChI=1S/C18H34.C4F4O2/c1-2-6-10-14-17(13-9-5-1)18-15-11-7-3-4-8-12-16-18;5-1-2(6)10-4(8)3(7)9-1/h17-18H,1-16H2;. The van der Waals surface area contributed by atoms with E-state index in [2.05, 4.69) is 9.47 Å². The van der Waals surface area contributed by atoms with E-state index in [0.29, 0.717) is 0 Å². The van der Waals surface area contributed by atoms with Crippen molar-refractivity contribution in [2.75, 3.05) is 0 Å². The van der Waals surface area contributed by atoms with Crippen molar-refractivity contribution in [3.8, 4) is 0 Å². The van der Waals surface area contributed by atoms with Crippen LogP contribution in [0.1, 0.15) is 103 Å². The van der Waals surface area contributed by atoms with Gasteiger partial charge in [0.1, 0.15) is 0 Å². The second kappa shape index (κ2) is 13.1.